The van der Waals surface area contributed by atoms with Crippen molar-refractivity contribution >= 4 is 34.0 Å². The summed E-state index contributed by atoms with van der Waals surface area (Å²) in [6, 6.07) is 22.0. The van der Waals surface area contributed by atoms with E-state index < -0.39 is 0 Å². The summed E-state index contributed by atoms with van der Waals surface area (Å²) >= 11 is 0. The molecule has 0 radical (unpaired) electrons. The lowest BCUT2D eigenvalue weighted by atomic mass is 10.1. The molecule has 5 nitrogen and oxygen atoms in total. The molecule has 4 aromatic rings. The summed E-state index contributed by atoms with van der Waals surface area (Å²) < 4.78 is 0. The molecule has 0 saturated carbocycles. The van der Waals surface area contributed by atoms with Crippen molar-refractivity contribution in [2.75, 3.05) is 11.1 Å². The quantitative estimate of drug-likeness (QED) is 0.354. The van der Waals surface area contributed by atoms with Crippen molar-refractivity contribution < 1.29 is 9.59 Å². The zero-order chi connectivity index (χ0) is 19.7. The monoisotopic (exact) mass is 369 g/mol. The van der Waals surface area contributed by atoms with Crippen LogP contribution in [0.3, 0.4) is 0 Å². The second-order valence-corrected chi connectivity index (χ2v) is 6.69. The summed E-state index contributed by atoms with van der Waals surface area (Å²) in [5.41, 5.74) is 11.1. The Labute approximate surface area is 162 Å². The minimum Gasteiger partial charge on any atom is -0.399 e. The lowest BCUT2D eigenvalue weighted by Gasteiger charge is -2.06. The normalized spacial score (nSPS) is 10.8. The minimum absolute atomic E-state index is 0.0471. The maximum absolute atomic E-state index is 12.3. The van der Waals surface area contributed by atoms with Crippen LogP contribution in [-0.4, -0.2) is 16.7 Å². The van der Waals surface area contributed by atoms with E-state index >= 15 is 0 Å². The molecule has 0 bridgehead atoms. The molecular formula is C23H19N3O2. The molecule has 0 aliphatic carbocycles. The fraction of sp³-hybridized carbons (Fsp3) is 0.0435. The number of amides is 1. The van der Waals surface area contributed by atoms with Crippen LogP contribution in [0.5, 0.6) is 0 Å². The number of nitrogen functional groups attached to an aromatic ring is 1. The fourth-order valence-electron chi connectivity index (χ4n) is 3.08. The second kappa shape index (κ2) is 7.04. The number of ketones is 1. The topological polar surface area (TPSA) is 88.0 Å². The molecule has 1 amide bonds. The molecule has 0 atom stereocenters. The van der Waals surface area contributed by atoms with Crippen molar-refractivity contribution in [1.29, 1.82) is 0 Å². The van der Waals surface area contributed by atoms with Crippen LogP contribution in [0.1, 0.15) is 27.6 Å². The molecule has 0 unspecified atom stereocenters. The van der Waals surface area contributed by atoms with E-state index in [1.807, 2.05) is 48.5 Å². The van der Waals surface area contributed by atoms with Gasteiger partial charge in [0.15, 0.2) is 5.78 Å². The van der Waals surface area contributed by atoms with Gasteiger partial charge in [0, 0.05) is 39.1 Å². The fourth-order valence-corrected chi connectivity index (χ4v) is 3.08. The number of carbonyl (C=O) groups excluding carboxylic acids is 2. The van der Waals surface area contributed by atoms with Gasteiger partial charge in [-0.3, -0.25) is 9.59 Å². The summed E-state index contributed by atoms with van der Waals surface area (Å²) in [6.45, 7) is 1.56. The molecule has 0 aliphatic rings. The van der Waals surface area contributed by atoms with Crippen molar-refractivity contribution in [3.63, 3.8) is 0 Å². The summed E-state index contributed by atoms with van der Waals surface area (Å²) in [5.74, 6) is -0.138. The molecule has 0 saturated heterocycles. The maximum atomic E-state index is 12.3. The maximum Gasteiger partial charge on any atom is 0.255 e. The van der Waals surface area contributed by atoms with Gasteiger partial charge in [-0.05, 0) is 73.2 Å². The van der Waals surface area contributed by atoms with E-state index in [9.17, 15) is 9.59 Å². The van der Waals surface area contributed by atoms with Crippen LogP contribution in [-0.2, 0) is 0 Å². The second-order valence-electron chi connectivity index (χ2n) is 6.69. The number of H-pyrrole nitrogens is 1. The predicted octanol–water partition coefficient (Wildman–Crippen LogP) is 4.87. The number of carbonyl (C=O) groups is 2. The Morgan fingerprint density at radius 3 is 2.21 bits per heavy atom. The molecule has 0 fully saturated rings. The van der Waals surface area contributed by atoms with Gasteiger partial charge in [0.05, 0.1) is 0 Å². The molecule has 1 aromatic heterocycles. The number of aromatic amines is 1. The van der Waals surface area contributed by atoms with Crippen LogP contribution in [0, 0.1) is 0 Å². The molecule has 0 aliphatic heterocycles. The summed E-state index contributed by atoms with van der Waals surface area (Å²) in [5, 5.41) is 3.86. The van der Waals surface area contributed by atoms with Gasteiger partial charge in [-0.1, -0.05) is 12.1 Å². The van der Waals surface area contributed by atoms with Gasteiger partial charge in [-0.15, -0.1) is 0 Å². The zero-order valence-corrected chi connectivity index (χ0v) is 15.3. The van der Waals surface area contributed by atoms with Crippen molar-refractivity contribution in [2.24, 2.45) is 0 Å². The SMILES string of the molecule is CC(=O)c1ccc2[nH]c(-c3ccc(NC(=O)c4ccc(N)cc4)cc3)cc2c1. The average molecular weight is 369 g/mol. The Morgan fingerprint density at radius 2 is 1.54 bits per heavy atom. The lowest BCUT2D eigenvalue weighted by Crippen LogP contribution is -2.11. The van der Waals surface area contributed by atoms with E-state index in [0.29, 0.717) is 22.5 Å². The molecule has 3 aromatic carbocycles. The standard InChI is InChI=1S/C23H19N3O2/c1-14(27)17-6-11-21-18(12-17)13-22(26-21)15-4-9-20(10-5-15)25-23(28)16-2-7-19(24)8-3-16/h2-13,26H,24H2,1H3,(H,25,28). The third kappa shape index (κ3) is 3.50. The molecular weight excluding hydrogens is 350 g/mol. The van der Waals surface area contributed by atoms with Gasteiger partial charge in [0.2, 0.25) is 0 Å². The first-order valence-corrected chi connectivity index (χ1v) is 8.91. The number of rotatable bonds is 4. The number of hydrogen-bond donors (Lipinski definition) is 3. The number of hydrogen-bond acceptors (Lipinski definition) is 3. The number of aromatic nitrogens is 1. The number of benzene rings is 3. The highest BCUT2D eigenvalue weighted by atomic mass is 16.1. The Bertz CT molecular complexity index is 1170. The Morgan fingerprint density at radius 1 is 0.857 bits per heavy atom. The zero-order valence-electron chi connectivity index (χ0n) is 15.3. The highest BCUT2D eigenvalue weighted by Gasteiger charge is 2.08. The lowest BCUT2D eigenvalue weighted by molar-refractivity contribution is 0.101. The van der Waals surface area contributed by atoms with Crippen LogP contribution >= 0.6 is 0 Å². The largest absolute Gasteiger partial charge is 0.399 e. The van der Waals surface area contributed by atoms with Crippen molar-refractivity contribution in [2.45, 2.75) is 6.92 Å². The summed E-state index contributed by atoms with van der Waals surface area (Å²) in [7, 11) is 0. The highest BCUT2D eigenvalue weighted by molar-refractivity contribution is 6.04. The van der Waals surface area contributed by atoms with Gasteiger partial charge in [-0.2, -0.15) is 0 Å². The third-order valence-corrected chi connectivity index (χ3v) is 4.65. The first kappa shape index (κ1) is 17.5. The molecule has 28 heavy (non-hydrogen) atoms. The number of fused-ring (bicyclic) bond motifs is 1. The van der Waals surface area contributed by atoms with Gasteiger partial charge < -0.3 is 16.0 Å². The third-order valence-electron chi connectivity index (χ3n) is 4.65. The Balaban J connectivity index is 1.54. The van der Waals surface area contributed by atoms with Crippen molar-refractivity contribution in [3.05, 3.63) is 83.9 Å². The number of nitrogens with two attached hydrogens (primary N) is 1. The van der Waals surface area contributed by atoms with E-state index in [2.05, 4.69) is 10.3 Å². The summed E-state index contributed by atoms with van der Waals surface area (Å²) in [6.07, 6.45) is 0. The van der Waals surface area contributed by atoms with E-state index in [4.69, 9.17) is 5.73 Å². The van der Waals surface area contributed by atoms with E-state index in [-0.39, 0.29) is 11.7 Å². The van der Waals surface area contributed by atoms with Crippen LogP contribution in [0.2, 0.25) is 0 Å². The van der Waals surface area contributed by atoms with Gasteiger partial charge in [0.1, 0.15) is 0 Å². The molecule has 4 rings (SSSR count). The molecule has 0 spiro atoms. The van der Waals surface area contributed by atoms with E-state index in [1.165, 1.54) is 0 Å². The average Bonchev–Trinajstić information content (AvgIpc) is 3.12. The van der Waals surface area contributed by atoms with Crippen LogP contribution in [0.15, 0.2) is 72.8 Å². The number of anilines is 2. The smallest absolute Gasteiger partial charge is 0.255 e. The van der Waals surface area contributed by atoms with Crippen molar-refractivity contribution in [1.82, 2.24) is 4.98 Å². The van der Waals surface area contributed by atoms with Gasteiger partial charge >= 0.3 is 0 Å². The Kier molecular flexibility index (Phi) is 4.41. The molecule has 1 heterocycles. The number of nitrogens with one attached hydrogen (secondary N) is 2. The summed E-state index contributed by atoms with van der Waals surface area (Å²) in [4.78, 5) is 27.2. The van der Waals surface area contributed by atoms with Gasteiger partial charge in [-0.25, -0.2) is 0 Å². The number of Topliss-reactive ketones (excluding diaryl/α,β-unsaturated/α-hetero) is 1. The molecule has 5 heteroatoms. The van der Waals surface area contributed by atoms with E-state index in [1.54, 1.807) is 31.2 Å². The van der Waals surface area contributed by atoms with Crippen LogP contribution in [0.25, 0.3) is 22.2 Å². The first-order valence-electron chi connectivity index (χ1n) is 8.91. The molecule has 4 N–H and O–H groups in total. The van der Waals surface area contributed by atoms with Crippen LogP contribution in [0.4, 0.5) is 11.4 Å². The first-order chi connectivity index (χ1) is 13.5. The van der Waals surface area contributed by atoms with Crippen molar-refractivity contribution in [3.8, 4) is 11.3 Å². The Hall–Kier alpha value is -3.86. The van der Waals surface area contributed by atoms with Crippen LogP contribution < -0.4 is 11.1 Å². The van der Waals surface area contributed by atoms with Gasteiger partial charge in [0.25, 0.3) is 5.91 Å². The minimum atomic E-state index is -0.185. The highest BCUT2D eigenvalue weighted by Crippen LogP contribution is 2.26. The predicted molar refractivity (Wildman–Crippen MR) is 113 cm³/mol. The molecule has 138 valence electrons. The van der Waals surface area contributed by atoms with E-state index in [0.717, 1.165) is 22.2 Å².